The summed E-state index contributed by atoms with van der Waals surface area (Å²) in [6.45, 7) is 10.8. The van der Waals surface area contributed by atoms with E-state index in [0.29, 0.717) is 0 Å². The van der Waals surface area contributed by atoms with Gasteiger partial charge in [-0.05, 0) is 78.9 Å². The zero-order valence-electron chi connectivity index (χ0n) is 12.8. The fourth-order valence-corrected chi connectivity index (χ4v) is 3.41. The third-order valence-corrected chi connectivity index (χ3v) is 4.32. The van der Waals surface area contributed by atoms with Gasteiger partial charge in [-0.2, -0.15) is 0 Å². The molecule has 2 aromatic rings. The van der Waals surface area contributed by atoms with E-state index in [1.165, 1.54) is 33.5 Å². The van der Waals surface area contributed by atoms with Gasteiger partial charge in [0.25, 0.3) is 0 Å². The number of halogens is 1. The number of hydrogen-bond acceptors (Lipinski definition) is 1. The van der Waals surface area contributed by atoms with E-state index in [2.05, 4.69) is 86.2 Å². The molecule has 1 unspecified atom stereocenters. The van der Waals surface area contributed by atoms with Crippen LogP contribution in [-0.4, -0.2) is 0 Å². The van der Waals surface area contributed by atoms with Crippen LogP contribution in [0.2, 0.25) is 0 Å². The van der Waals surface area contributed by atoms with E-state index in [4.69, 9.17) is 0 Å². The summed E-state index contributed by atoms with van der Waals surface area (Å²) in [5.41, 5.74) is 7.73. The van der Waals surface area contributed by atoms with E-state index in [1.54, 1.807) is 0 Å². The molecule has 0 bridgehead atoms. The summed E-state index contributed by atoms with van der Waals surface area (Å²) in [7, 11) is 0. The van der Waals surface area contributed by atoms with Crippen molar-refractivity contribution < 1.29 is 0 Å². The van der Waals surface area contributed by atoms with Gasteiger partial charge in [0.05, 0.1) is 5.69 Å². The van der Waals surface area contributed by atoms with Crippen molar-refractivity contribution >= 4 is 21.6 Å². The number of benzene rings is 2. The minimum atomic E-state index is 0.285. The molecule has 0 aliphatic rings. The quantitative estimate of drug-likeness (QED) is 0.743. The summed E-state index contributed by atoms with van der Waals surface area (Å²) in [4.78, 5) is 0. The maximum atomic E-state index is 3.67. The molecule has 0 amide bonds. The van der Waals surface area contributed by atoms with Gasteiger partial charge in [-0.25, -0.2) is 0 Å². The highest BCUT2D eigenvalue weighted by molar-refractivity contribution is 9.10. The fourth-order valence-electron chi connectivity index (χ4n) is 2.62. The number of rotatable bonds is 3. The molecule has 106 valence electrons. The Bertz CT molecular complexity index is 608. The lowest BCUT2D eigenvalue weighted by Crippen LogP contribution is -2.10. The van der Waals surface area contributed by atoms with Crippen molar-refractivity contribution in [2.45, 2.75) is 40.7 Å². The lowest BCUT2D eigenvalue weighted by atomic mass is 9.99. The molecule has 2 rings (SSSR count). The first-order chi connectivity index (χ1) is 9.38. The highest BCUT2D eigenvalue weighted by Crippen LogP contribution is 2.31. The molecule has 1 nitrogen and oxygen atoms in total. The first kappa shape index (κ1) is 15.1. The first-order valence-electron chi connectivity index (χ1n) is 6.99. The van der Waals surface area contributed by atoms with Gasteiger partial charge < -0.3 is 5.32 Å². The number of hydrogen-bond donors (Lipinski definition) is 1. The van der Waals surface area contributed by atoms with Gasteiger partial charge >= 0.3 is 0 Å². The minimum absolute atomic E-state index is 0.285. The third kappa shape index (κ3) is 3.24. The fraction of sp³-hybridized carbons (Fsp3) is 0.333. The lowest BCUT2D eigenvalue weighted by Gasteiger charge is -2.21. The summed E-state index contributed by atoms with van der Waals surface area (Å²) < 4.78 is 1.13. The molecule has 0 radical (unpaired) electrons. The second kappa shape index (κ2) is 6.01. The summed E-state index contributed by atoms with van der Waals surface area (Å²) in [6, 6.07) is 11.3. The second-order valence-corrected chi connectivity index (χ2v) is 6.52. The highest BCUT2D eigenvalue weighted by Gasteiger charge is 2.12. The van der Waals surface area contributed by atoms with Crippen LogP contribution in [0.1, 0.15) is 40.8 Å². The monoisotopic (exact) mass is 331 g/mol. The Morgan fingerprint density at radius 2 is 1.60 bits per heavy atom. The van der Waals surface area contributed by atoms with Crippen molar-refractivity contribution in [3.05, 3.63) is 62.6 Å². The van der Waals surface area contributed by atoms with Crippen molar-refractivity contribution in [2.24, 2.45) is 0 Å². The first-order valence-corrected chi connectivity index (χ1v) is 7.78. The van der Waals surface area contributed by atoms with Crippen LogP contribution in [0, 0.1) is 27.7 Å². The van der Waals surface area contributed by atoms with Gasteiger partial charge in [-0.15, -0.1) is 0 Å². The van der Waals surface area contributed by atoms with Crippen molar-refractivity contribution in [2.75, 3.05) is 5.32 Å². The predicted molar refractivity (Wildman–Crippen MR) is 91.6 cm³/mol. The third-order valence-electron chi connectivity index (χ3n) is 3.69. The van der Waals surface area contributed by atoms with Crippen LogP contribution >= 0.6 is 15.9 Å². The number of anilines is 1. The van der Waals surface area contributed by atoms with Gasteiger partial charge in [0.2, 0.25) is 0 Å². The Morgan fingerprint density at radius 3 is 2.25 bits per heavy atom. The van der Waals surface area contributed by atoms with E-state index in [0.717, 1.165) is 4.47 Å². The van der Waals surface area contributed by atoms with E-state index >= 15 is 0 Å². The molecule has 0 spiro atoms. The number of aryl methyl sites for hydroxylation is 4. The smallest absolute Gasteiger partial charge is 0.0519 e. The normalized spacial score (nSPS) is 12.3. The SMILES string of the molecule is Cc1cc(C)c(NC(C)c2cc(C)ccc2C)c(Br)c1. The maximum absolute atomic E-state index is 3.67. The molecule has 1 N–H and O–H groups in total. The molecule has 0 saturated heterocycles. The van der Waals surface area contributed by atoms with E-state index in [-0.39, 0.29) is 6.04 Å². The lowest BCUT2D eigenvalue weighted by molar-refractivity contribution is 0.868. The summed E-state index contributed by atoms with van der Waals surface area (Å²) in [5.74, 6) is 0. The van der Waals surface area contributed by atoms with E-state index < -0.39 is 0 Å². The Kier molecular flexibility index (Phi) is 4.54. The molecule has 20 heavy (non-hydrogen) atoms. The molecular weight excluding hydrogens is 310 g/mol. The van der Waals surface area contributed by atoms with Gasteiger partial charge in [-0.1, -0.05) is 29.8 Å². The molecular formula is C18H22BrN. The molecule has 0 aliphatic carbocycles. The van der Waals surface area contributed by atoms with Crippen molar-refractivity contribution in [1.82, 2.24) is 0 Å². The zero-order valence-corrected chi connectivity index (χ0v) is 14.4. The summed E-state index contributed by atoms with van der Waals surface area (Å²) in [5, 5.41) is 3.64. The van der Waals surface area contributed by atoms with Crippen LogP contribution in [0.15, 0.2) is 34.8 Å². The van der Waals surface area contributed by atoms with Crippen LogP contribution in [-0.2, 0) is 0 Å². The molecule has 0 saturated carbocycles. The molecule has 2 aromatic carbocycles. The van der Waals surface area contributed by atoms with E-state index in [1.807, 2.05) is 0 Å². The van der Waals surface area contributed by atoms with Gasteiger partial charge in [0, 0.05) is 10.5 Å². The standard InChI is InChI=1S/C18H22BrN/c1-11-6-7-13(3)16(9-11)15(5)20-18-14(4)8-12(2)10-17(18)19/h6-10,15,20H,1-5H3. The van der Waals surface area contributed by atoms with Crippen LogP contribution in [0.4, 0.5) is 5.69 Å². The second-order valence-electron chi connectivity index (χ2n) is 5.66. The van der Waals surface area contributed by atoms with Crippen molar-refractivity contribution in [1.29, 1.82) is 0 Å². The average molecular weight is 332 g/mol. The average Bonchev–Trinajstić information content (AvgIpc) is 2.36. The minimum Gasteiger partial charge on any atom is -0.377 e. The maximum Gasteiger partial charge on any atom is 0.0519 e. The van der Waals surface area contributed by atoms with Crippen LogP contribution in [0.5, 0.6) is 0 Å². The van der Waals surface area contributed by atoms with E-state index in [9.17, 15) is 0 Å². The topological polar surface area (TPSA) is 12.0 Å². The molecule has 0 aromatic heterocycles. The van der Waals surface area contributed by atoms with Gasteiger partial charge in [-0.3, -0.25) is 0 Å². The molecule has 2 heteroatoms. The van der Waals surface area contributed by atoms with Crippen LogP contribution in [0.3, 0.4) is 0 Å². The Balaban J connectivity index is 2.32. The van der Waals surface area contributed by atoms with Gasteiger partial charge in [0.15, 0.2) is 0 Å². The summed E-state index contributed by atoms with van der Waals surface area (Å²) in [6.07, 6.45) is 0. The summed E-state index contributed by atoms with van der Waals surface area (Å²) >= 11 is 3.67. The largest absolute Gasteiger partial charge is 0.377 e. The molecule has 0 aliphatic heterocycles. The van der Waals surface area contributed by atoms with Crippen molar-refractivity contribution in [3.8, 4) is 0 Å². The zero-order chi connectivity index (χ0) is 14.9. The van der Waals surface area contributed by atoms with Gasteiger partial charge in [0.1, 0.15) is 0 Å². The predicted octanol–water partition coefficient (Wildman–Crippen LogP) is 5.86. The Hall–Kier alpha value is -1.28. The highest BCUT2D eigenvalue weighted by atomic mass is 79.9. The van der Waals surface area contributed by atoms with Crippen LogP contribution < -0.4 is 5.32 Å². The molecule has 1 atom stereocenters. The Labute approximate surface area is 130 Å². The molecule has 0 fully saturated rings. The molecule has 0 heterocycles. The Morgan fingerprint density at radius 1 is 0.900 bits per heavy atom. The van der Waals surface area contributed by atoms with Crippen LogP contribution in [0.25, 0.3) is 0 Å². The number of nitrogens with one attached hydrogen (secondary N) is 1. The van der Waals surface area contributed by atoms with Crippen molar-refractivity contribution in [3.63, 3.8) is 0 Å².